The van der Waals surface area contributed by atoms with E-state index in [4.69, 9.17) is 9.39 Å². The Kier molecular flexibility index (Phi) is 7.23. The minimum Gasteiger partial charge on any atom is -0.444 e. The third kappa shape index (κ3) is 7.72. The van der Waals surface area contributed by atoms with Crippen molar-refractivity contribution in [2.75, 3.05) is 13.1 Å². The average Bonchev–Trinajstić information content (AvgIpc) is 2.24. The van der Waals surface area contributed by atoms with Crippen molar-refractivity contribution >= 4 is 13.6 Å². The van der Waals surface area contributed by atoms with Crippen LogP contribution in [0.2, 0.25) is 6.32 Å². The van der Waals surface area contributed by atoms with Gasteiger partial charge in [0.1, 0.15) is 5.60 Å². The van der Waals surface area contributed by atoms with E-state index in [1.807, 2.05) is 41.5 Å². The van der Waals surface area contributed by atoms with Crippen LogP contribution >= 0.6 is 0 Å². The third-order valence-electron chi connectivity index (χ3n) is 3.54. The van der Waals surface area contributed by atoms with Crippen molar-refractivity contribution in [3.05, 3.63) is 0 Å². The predicted octanol–water partition coefficient (Wildman–Crippen LogP) is 2.58. The molecule has 0 aliphatic rings. The molecule has 0 rings (SSSR count). The molecule has 0 bridgehead atoms. The van der Waals surface area contributed by atoms with Crippen molar-refractivity contribution in [2.45, 2.75) is 78.5 Å². The van der Waals surface area contributed by atoms with Gasteiger partial charge in [0.05, 0.1) is 11.2 Å². The standard InChI is InChI=1S/C15H32BNO4/c1-9-17(12(18)20-13(2,3)4)11-10-16-21-15(7,8)14(5,6)19/h16,19H,9-11H2,1-8H3. The molecule has 0 aromatic heterocycles. The van der Waals surface area contributed by atoms with E-state index in [9.17, 15) is 9.90 Å². The van der Waals surface area contributed by atoms with E-state index in [1.54, 1.807) is 18.7 Å². The number of hydrogen-bond acceptors (Lipinski definition) is 4. The molecule has 1 amide bonds. The van der Waals surface area contributed by atoms with Crippen molar-refractivity contribution in [3.63, 3.8) is 0 Å². The summed E-state index contributed by atoms with van der Waals surface area (Å²) in [5.41, 5.74) is -2.03. The van der Waals surface area contributed by atoms with Crippen LogP contribution in [0.15, 0.2) is 0 Å². The molecule has 5 nitrogen and oxygen atoms in total. The van der Waals surface area contributed by atoms with Gasteiger partial charge in [-0.05, 0) is 61.7 Å². The van der Waals surface area contributed by atoms with Crippen LogP contribution in [0.1, 0.15) is 55.4 Å². The van der Waals surface area contributed by atoms with E-state index in [-0.39, 0.29) is 6.09 Å². The van der Waals surface area contributed by atoms with Crippen LogP contribution < -0.4 is 0 Å². The average molecular weight is 301 g/mol. The molecule has 1 N–H and O–H groups in total. The topological polar surface area (TPSA) is 59.0 Å². The summed E-state index contributed by atoms with van der Waals surface area (Å²) < 4.78 is 11.1. The lowest BCUT2D eigenvalue weighted by Gasteiger charge is -2.37. The number of carbonyl (C=O) groups is 1. The second-order valence-electron chi connectivity index (χ2n) is 7.33. The second kappa shape index (κ2) is 7.50. The summed E-state index contributed by atoms with van der Waals surface area (Å²) in [6.07, 6.45) is 0.402. The molecule has 0 radical (unpaired) electrons. The van der Waals surface area contributed by atoms with Crippen LogP contribution in [0.4, 0.5) is 4.79 Å². The summed E-state index contributed by atoms with van der Waals surface area (Å²) >= 11 is 0. The number of hydrogen-bond donors (Lipinski definition) is 1. The Morgan fingerprint density at radius 1 is 1.14 bits per heavy atom. The SMILES string of the molecule is CCN(CCBOC(C)(C)C(C)(C)O)C(=O)OC(C)(C)C. The number of rotatable bonds is 7. The van der Waals surface area contributed by atoms with E-state index in [2.05, 4.69) is 0 Å². The summed E-state index contributed by atoms with van der Waals surface area (Å²) in [6.45, 7) is 15.8. The van der Waals surface area contributed by atoms with Crippen molar-refractivity contribution < 1.29 is 19.3 Å². The van der Waals surface area contributed by atoms with E-state index >= 15 is 0 Å². The Hall–Kier alpha value is -0.745. The fraction of sp³-hybridized carbons (Fsp3) is 0.933. The van der Waals surface area contributed by atoms with Crippen LogP contribution in [-0.4, -0.2) is 53.5 Å². The first-order valence-electron chi connectivity index (χ1n) is 7.64. The monoisotopic (exact) mass is 301 g/mol. The molecule has 0 fully saturated rings. The Labute approximate surface area is 130 Å². The lowest BCUT2D eigenvalue weighted by atomic mass is 9.85. The van der Waals surface area contributed by atoms with E-state index in [0.717, 1.165) is 0 Å². The van der Waals surface area contributed by atoms with Crippen LogP contribution in [0, 0.1) is 0 Å². The molecule has 0 saturated heterocycles. The lowest BCUT2D eigenvalue weighted by Crippen LogP contribution is -2.48. The molecule has 0 aliphatic carbocycles. The first-order valence-corrected chi connectivity index (χ1v) is 7.64. The molecular weight excluding hydrogens is 269 g/mol. The van der Waals surface area contributed by atoms with Gasteiger partial charge in [-0.25, -0.2) is 4.79 Å². The number of ether oxygens (including phenoxy) is 1. The fourth-order valence-corrected chi connectivity index (χ4v) is 1.46. The summed E-state index contributed by atoms with van der Waals surface area (Å²) in [5, 5.41) is 10.0. The quantitative estimate of drug-likeness (QED) is 0.580. The summed E-state index contributed by atoms with van der Waals surface area (Å²) in [4.78, 5) is 13.6. The zero-order chi connectivity index (χ0) is 16.9. The number of nitrogens with zero attached hydrogens (tertiary/aromatic N) is 1. The molecule has 6 heteroatoms. The molecule has 0 aromatic carbocycles. The first kappa shape index (κ1) is 20.3. The van der Waals surface area contributed by atoms with Gasteiger partial charge >= 0.3 is 6.09 Å². The number of aliphatic hydroxyl groups is 1. The molecule has 0 saturated carbocycles. The second-order valence-corrected chi connectivity index (χ2v) is 7.33. The van der Waals surface area contributed by atoms with E-state index < -0.39 is 16.8 Å². The van der Waals surface area contributed by atoms with Gasteiger partial charge < -0.3 is 19.4 Å². The number of carbonyl (C=O) groups excluding carboxylic acids is 1. The van der Waals surface area contributed by atoms with Gasteiger partial charge in [0, 0.05) is 13.1 Å². The zero-order valence-electron chi connectivity index (χ0n) is 14.9. The molecule has 0 atom stereocenters. The van der Waals surface area contributed by atoms with Crippen LogP contribution in [-0.2, 0) is 9.39 Å². The molecule has 0 aliphatic heterocycles. The van der Waals surface area contributed by atoms with Gasteiger partial charge in [0.15, 0.2) is 0 Å². The third-order valence-corrected chi connectivity index (χ3v) is 3.54. The maximum atomic E-state index is 12.0. The maximum absolute atomic E-state index is 12.0. The van der Waals surface area contributed by atoms with Gasteiger partial charge in [-0.15, -0.1) is 0 Å². The van der Waals surface area contributed by atoms with Gasteiger partial charge in [0.25, 0.3) is 7.48 Å². The van der Waals surface area contributed by atoms with Gasteiger partial charge in [-0.3, -0.25) is 0 Å². The zero-order valence-corrected chi connectivity index (χ0v) is 14.9. The van der Waals surface area contributed by atoms with Crippen molar-refractivity contribution in [2.24, 2.45) is 0 Å². The highest BCUT2D eigenvalue weighted by molar-refractivity contribution is 6.27. The number of amides is 1. The maximum Gasteiger partial charge on any atom is 0.410 e. The van der Waals surface area contributed by atoms with Crippen LogP contribution in [0.3, 0.4) is 0 Å². The van der Waals surface area contributed by atoms with E-state index in [1.165, 1.54) is 0 Å². The molecule has 124 valence electrons. The Morgan fingerprint density at radius 2 is 1.67 bits per heavy atom. The largest absolute Gasteiger partial charge is 0.444 e. The molecule has 0 aromatic rings. The highest BCUT2D eigenvalue weighted by Gasteiger charge is 2.35. The minimum absolute atomic E-state index is 0.299. The predicted molar refractivity (Wildman–Crippen MR) is 86.9 cm³/mol. The van der Waals surface area contributed by atoms with Gasteiger partial charge in [-0.1, -0.05) is 0 Å². The van der Waals surface area contributed by atoms with Crippen LogP contribution in [0.25, 0.3) is 0 Å². The van der Waals surface area contributed by atoms with Crippen molar-refractivity contribution in [1.82, 2.24) is 4.90 Å². The Balaban J connectivity index is 4.23. The first-order chi connectivity index (χ1) is 9.30. The Bertz CT molecular complexity index is 332. The lowest BCUT2D eigenvalue weighted by molar-refractivity contribution is -0.0904. The van der Waals surface area contributed by atoms with Gasteiger partial charge in [-0.2, -0.15) is 0 Å². The fourth-order valence-electron chi connectivity index (χ4n) is 1.46. The minimum atomic E-state index is -0.914. The molecular formula is C15H32BNO4. The summed E-state index contributed by atoms with van der Waals surface area (Å²) in [7, 11) is 0.482. The normalized spacial score (nSPS) is 13.0. The van der Waals surface area contributed by atoms with E-state index in [0.29, 0.717) is 26.9 Å². The highest BCUT2D eigenvalue weighted by Crippen LogP contribution is 2.24. The molecule has 0 heterocycles. The highest BCUT2D eigenvalue weighted by atomic mass is 16.6. The summed E-state index contributed by atoms with van der Waals surface area (Å²) in [6, 6.07) is 0. The molecule has 0 spiro atoms. The molecule has 21 heavy (non-hydrogen) atoms. The smallest absolute Gasteiger partial charge is 0.410 e. The van der Waals surface area contributed by atoms with Crippen molar-refractivity contribution in [3.8, 4) is 0 Å². The van der Waals surface area contributed by atoms with Gasteiger partial charge in [0.2, 0.25) is 0 Å². The Morgan fingerprint density at radius 3 is 2.05 bits per heavy atom. The van der Waals surface area contributed by atoms with Crippen molar-refractivity contribution in [1.29, 1.82) is 0 Å². The van der Waals surface area contributed by atoms with Crippen LogP contribution in [0.5, 0.6) is 0 Å². The molecule has 0 unspecified atom stereocenters. The summed E-state index contributed by atoms with van der Waals surface area (Å²) in [5.74, 6) is 0.